The zero-order chi connectivity index (χ0) is 26.8. The van der Waals surface area contributed by atoms with Crippen LogP contribution in [-0.4, -0.2) is 28.2 Å². The summed E-state index contributed by atoms with van der Waals surface area (Å²) >= 11 is 7.34. The highest BCUT2D eigenvalue weighted by Crippen LogP contribution is 2.35. The molecule has 1 aromatic heterocycles. The minimum absolute atomic E-state index is 0.151. The highest BCUT2D eigenvalue weighted by atomic mass is 35.5. The zero-order valence-electron chi connectivity index (χ0n) is 20.1. The quantitative estimate of drug-likeness (QED) is 0.365. The van der Waals surface area contributed by atoms with Gasteiger partial charge < -0.3 is 9.84 Å². The Balaban J connectivity index is 1.78. The molecule has 0 bridgehead atoms. The fourth-order valence-electron chi connectivity index (χ4n) is 4.27. The molecule has 0 saturated carbocycles. The van der Waals surface area contributed by atoms with E-state index in [-0.39, 0.29) is 23.3 Å². The molecule has 190 valence electrons. The van der Waals surface area contributed by atoms with Crippen molar-refractivity contribution in [1.29, 1.82) is 0 Å². The number of aromatic nitrogens is 1. The van der Waals surface area contributed by atoms with E-state index in [1.165, 1.54) is 28.0 Å². The fourth-order valence-corrected chi connectivity index (χ4v) is 5.40. The largest absolute Gasteiger partial charge is 0.478 e. The second kappa shape index (κ2) is 10.6. The molecular weight excluding hydrogens is 524 g/mol. The van der Waals surface area contributed by atoms with Crippen molar-refractivity contribution >= 4 is 46.6 Å². The summed E-state index contributed by atoms with van der Waals surface area (Å²) in [5, 5.41) is 9.70. The molecule has 1 aliphatic rings. The summed E-state index contributed by atoms with van der Waals surface area (Å²) in [6, 6.07) is 21.7. The lowest BCUT2D eigenvalue weighted by Crippen LogP contribution is -2.40. The number of carbonyl (C=O) groups excluding carboxylic acids is 1. The number of carbonyl (C=O) groups is 2. The van der Waals surface area contributed by atoms with Crippen LogP contribution in [0.2, 0.25) is 5.02 Å². The topological polar surface area (TPSA) is 98.0 Å². The molecule has 1 N–H and O–H groups in total. The minimum Gasteiger partial charge on any atom is -0.478 e. The molecule has 9 heteroatoms. The van der Waals surface area contributed by atoms with Crippen molar-refractivity contribution in [2.75, 3.05) is 6.61 Å². The summed E-state index contributed by atoms with van der Waals surface area (Å²) in [6.07, 6.45) is 1.69. The maximum atomic E-state index is 13.8. The number of fused-ring (bicyclic) bond motifs is 1. The van der Waals surface area contributed by atoms with Crippen molar-refractivity contribution in [2.45, 2.75) is 13.0 Å². The number of hydrogen-bond acceptors (Lipinski definition) is 6. The SMILES string of the molecule is CCOC(=O)C1=C(c2ccccc2)N=c2s/c(=C\c3ccc(C(=O)O)cc3)c(=O)n2[C@@H]1c1ccc(Cl)cc1. The highest BCUT2D eigenvalue weighted by molar-refractivity contribution is 7.07. The Kier molecular flexibility index (Phi) is 7.09. The standard InChI is InChI=1S/C29H21ClN2O5S/c1-2-37-28(36)23-24(18-6-4-3-5-7-18)31-29-32(25(23)19-12-14-21(30)15-13-19)26(33)22(38-29)16-17-8-10-20(11-9-17)27(34)35/h3-16,25H,2H2,1H3,(H,34,35)/b22-16-/t25-/m1/s1. The number of nitrogens with zero attached hydrogens (tertiary/aromatic N) is 2. The van der Waals surface area contributed by atoms with Crippen LogP contribution in [0.25, 0.3) is 11.8 Å². The Morgan fingerprint density at radius 3 is 2.37 bits per heavy atom. The maximum absolute atomic E-state index is 13.8. The summed E-state index contributed by atoms with van der Waals surface area (Å²) in [7, 11) is 0. The monoisotopic (exact) mass is 544 g/mol. The molecule has 0 radical (unpaired) electrons. The second-order valence-corrected chi connectivity index (χ2v) is 9.86. The van der Waals surface area contributed by atoms with Crippen LogP contribution < -0.4 is 14.9 Å². The molecule has 0 fully saturated rings. The van der Waals surface area contributed by atoms with E-state index in [2.05, 4.69) is 0 Å². The Morgan fingerprint density at radius 1 is 1.05 bits per heavy atom. The lowest BCUT2D eigenvalue weighted by atomic mass is 9.93. The van der Waals surface area contributed by atoms with Crippen LogP contribution in [0.3, 0.4) is 0 Å². The van der Waals surface area contributed by atoms with Crippen molar-refractivity contribution in [2.24, 2.45) is 4.99 Å². The van der Waals surface area contributed by atoms with Crippen LogP contribution in [0, 0.1) is 0 Å². The van der Waals surface area contributed by atoms with E-state index < -0.39 is 18.0 Å². The van der Waals surface area contributed by atoms with Gasteiger partial charge in [0.25, 0.3) is 5.56 Å². The van der Waals surface area contributed by atoms with Gasteiger partial charge in [-0.05, 0) is 48.4 Å². The lowest BCUT2D eigenvalue weighted by molar-refractivity contribution is -0.138. The third-order valence-corrected chi connectivity index (χ3v) is 7.25. The smallest absolute Gasteiger partial charge is 0.338 e. The molecule has 1 atom stereocenters. The number of aromatic carboxylic acids is 1. The van der Waals surface area contributed by atoms with E-state index in [1.54, 1.807) is 49.4 Å². The van der Waals surface area contributed by atoms with E-state index >= 15 is 0 Å². The third-order valence-electron chi connectivity index (χ3n) is 6.01. The van der Waals surface area contributed by atoms with Crippen molar-refractivity contribution in [3.8, 4) is 0 Å². The fraction of sp³-hybridized carbons (Fsp3) is 0.103. The zero-order valence-corrected chi connectivity index (χ0v) is 21.7. The molecule has 0 unspecified atom stereocenters. The van der Waals surface area contributed by atoms with Crippen LogP contribution >= 0.6 is 22.9 Å². The lowest BCUT2D eigenvalue weighted by Gasteiger charge is -2.25. The number of ether oxygens (including phenoxy) is 1. The van der Waals surface area contributed by atoms with E-state index in [0.29, 0.717) is 31.2 Å². The van der Waals surface area contributed by atoms with E-state index in [9.17, 15) is 19.5 Å². The van der Waals surface area contributed by atoms with Gasteiger partial charge in [0.2, 0.25) is 0 Å². The second-order valence-electron chi connectivity index (χ2n) is 8.41. The predicted octanol–water partition coefficient (Wildman–Crippen LogP) is 4.29. The van der Waals surface area contributed by atoms with E-state index in [1.807, 2.05) is 30.3 Å². The molecule has 2 heterocycles. The number of benzene rings is 3. The first-order valence-corrected chi connectivity index (χ1v) is 12.9. The summed E-state index contributed by atoms with van der Waals surface area (Å²) in [5.74, 6) is -1.59. The number of halogens is 1. The van der Waals surface area contributed by atoms with Gasteiger partial charge in [0.05, 0.1) is 34.0 Å². The third kappa shape index (κ3) is 4.83. The molecule has 0 aliphatic carbocycles. The molecule has 1 aliphatic heterocycles. The molecular formula is C29H21ClN2O5S. The highest BCUT2D eigenvalue weighted by Gasteiger charge is 2.35. The van der Waals surface area contributed by atoms with Crippen LogP contribution in [0.4, 0.5) is 0 Å². The minimum atomic E-state index is -1.03. The van der Waals surface area contributed by atoms with Crippen LogP contribution in [0.1, 0.15) is 40.0 Å². The Hall–Kier alpha value is -4.27. The molecule has 3 aromatic carbocycles. The predicted molar refractivity (Wildman–Crippen MR) is 146 cm³/mol. The maximum Gasteiger partial charge on any atom is 0.338 e. The van der Waals surface area contributed by atoms with Gasteiger partial charge in [0.1, 0.15) is 0 Å². The van der Waals surface area contributed by atoms with Crippen LogP contribution in [0.15, 0.2) is 94.2 Å². The summed E-state index contributed by atoms with van der Waals surface area (Å²) in [6.45, 7) is 1.89. The van der Waals surface area contributed by atoms with Crippen molar-refractivity contribution in [1.82, 2.24) is 4.57 Å². The molecule has 7 nitrogen and oxygen atoms in total. The molecule has 5 rings (SSSR count). The molecule has 38 heavy (non-hydrogen) atoms. The number of rotatable bonds is 6. The Labute approximate surface area is 226 Å². The molecule has 0 saturated heterocycles. The average Bonchev–Trinajstić information content (AvgIpc) is 3.23. The van der Waals surface area contributed by atoms with Crippen molar-refractivity contribution in [3.63, 3.8) is 0 Å². The van der Waals surface area contributed by atoms with Gasteiger partial charge in [0.15, 0.2) is 4.80 Å². The van der Waals surface area contributed by atoms with Crippen molar-refractivity contribution < 1.29 is 19.4 Å². The van der Waals surface area contributed by atoms with Crippen LogP contribution in [-0.2, 0) is 9.53 Å². The van der Waals surface area contributed by atoms with E-state index in [0.717, 1.165) is 5.56 Å². The molecule has 0 amide bonds. The number of carboxylic acids is 1. The molecule has 4 aromatic rings. The normalized spacial score (nSPS) is 15.1. The van der Waals surface area contributed by atoms with Gasteiger partial charge >= 0.3 is 11.9 Å². The Morgan fingerprint density at radius 2 is 1.74 bits per heavy atom. The summed E-state index contributed by atoms with van der Waals surface area (Å²) in [5.41, 5.74) is 2.57. The van der Waals surface area contributed by atoms with Crippen LogP contribution in [0.5, 0.6) is 0 Å². The molecule has 0 spiro atoms. The van der Waals surface area contributed by atoms with Gasteiger partial charge in [-0.25, -0.2) is 14.6 Å². The first-order valence-electron chi connectivity index (χ1n) is 11.7. The van der Waals surface area contributed by atoms with Crippen molar-refractivity contribution in [3.05, 3.63) is 131 Å². The van der Waals surface area contributed by atoms with Gasteiger partial charge in [0, 0.05) is 10.6 Å². The van der Waals surface area contributed by atoms with Gasteiger partial charge in [-0.2, -0.15) is 0 Å². The number of carboxylic acid groups (broad SMARTS) is 1. The van der Waals surface area contributed by atoms with Gasteiger partial charge in [-0.3, -0.25) is 9.36 Å². The number of thiazole rings is 1. The first kappa shape index (κ1) is 25.4. The Bertz CT molecular complexity index is 1740. The van der Waals surface area contributed by atoms with Gasteiger partial charge in [-0.15, -0.1) is 0 Å². The van der Waals surface area contributed by atoms with E-state index in [4.69, 9.17) is 21.3 Å². The number of esters is 1. The first-order chi connectivity index (χ1) is 18.4. The number of hydrogen-bond donors (Lipinski definition) is 1. The summed E-state index contributed by atoms with van der Waals surface area (Å²) in [4.78, 5) is 43.6. The summed E-state index contributed by atoms with van der Waals surface area (Å²) < 4.78 is 7.34. The average molecular weight is 545 g/mol. The van der Waals surface area contributed by atoms with Gasteiger partial charge in [-0.1, -0.05) is 77.5 Å².